The topological polar surface area (TPSA) is 37.8 Å². The van der Waals surface area contributed by atoms with E-state index >= 15 is 0 Å². The average Bonchev–Trinajstić information content (AvgIpc) is 2.39. The largest absolute Gasteiger partial charge is 0.309 e. The normalized spacial score (nSPS) is 29.2. The molecule has 106 valence electrons. The summed E-state index contributed by atoms with van der Waals surface area (Å²) in [6, 6.07) is 2.46. The number of aromatic nitrogens is 2. The maximum atomic E-state index is 4.64. The Morgan fingerprint density at radius 1 is 1.32 bits per heavy atom. The molecule has 0 aliphatic heterocycles. The van der Waals surface area contributed by atoms with E-state index in [1.54, 1.807) is 0 Å². The van der Waals surface area contributed by atoms with E-state index in [2.05, 4.69) is 42.1 Å². The van der Waals surface area contributed by atoms with Gasteiger partial charge in [0.15, 0.2) is 0 Å². The van der Waals surface area contributed by atoms with Crippen molar-refractivity contribution in [3.8, 4) is 0 Å². The van der Waals surface area contributed by atoms with Crippen molar-refractivity contribution in [3.05, 3.63) is 23.8 Å². The van der Waals surface area contributed by atoms with Gasteiger partial charge in [0, 0.05) is 6.20 Å². The van der Waals surface area contributed by atoms with E-state index in [1.807, 2.05) is 13.1 Å². The lowest BCUT2D eigenvalue weighted by Gasteiger charge is -2.36. The van der Waals surface area contributed by atoms with Crippen LogP contribution in [0, 0.1) is 24.7 Å². The van der Waals surface area contributed by atoms with Crippen LogP contribution in [-0.2, 0) is 0 Å². The third kappa shape index (κ3) is 3.53. The Morgan fingerprint density at radius 3 is 2.74 bits per heavy atom. The minimum atomic E-state index is 0.390. The summed E-state index contributed by atoms with van der Waals surface area (Å²) in [5.41, 5.74) is 1.17. The molecular formula is C16H27N3. The van der Waals surface area contributed by atoms with Gasteiger partial charge in [-0.25, -0.2) is 9.97 Å². The maximum absolute atomic E-state index is 4.64. The predicted octanol–water partition coefficient (Wildman–Crippen LogP) is 3.51. The first-order chi connectivity index (χ1) is 9.11. The molecule has 1 aromatic heterocycles. The van der Waals surface area contributed by atoms with Gasteiger partial charge in [-0.15, -0.1) is 0 Å². The zero-order chi connectivity index (χ0) is 13.8. The molecule has 2 rings (SSSR count). The summed E-state index contributed by atoms with van der Waals surface area (Å²) in [7, 11) is 0. The van der Waals surface area contributed by atoms with Crippen molar-refractivity contribution in [1.82, 2.24) is 15.3 Å². The number of hydrogen-bond donors (Lipinski definition) is 1. The van der Waals surface area contributed by atoms with E-state index < -0.39 is 0 Å². The Kier molecular flexibility index (Phi) is 4.92. The van der Waals surface area contributed by atoms with E-state index in [9.17, 15) is 0 Å². The summed E-state index contributed by atoms with van der Waals surface area (Å²) in [6.07, 6.45) is 5.85. The summed E-state index contributed by atoms with van der Waals surface area (Å²) in [4.78, 5) is 8.85. The van der Waals surface area contributed by atoms with Crippen molar-refractivity contribution < 1.29 is 0 Å². The molecule has 1 heterocycles. The van der Waals surface area contributed by atoms with Crippen LogP contribution in [0.15, 0.2) is 12.3 Å². The second-order valence-electron chi connectivity index (χ2n) is 6.09. The minimum Gasteiger partial charge on any atom is -0.309 e. The molecule has 4 atom stereocenters. The Balaban J connectivity index is 2.16. The van der Waals surface area contributed by atoms with Crippen molar-refractivity contribution in [3.63, 3.8) is 0 Å². The summed E-state index contributed by atoms with van der Waals surface area (Å²) in [5.74, 6) is 3.27. The molecule has 0 spiro atoms. The van der Waals surface area contributed by atoms with Gasteiger partial charge in [0.2, 0.25) is 0 Å². The molecule has 1 saturated carbocycles. The van der Waals surface area contributed by atoms with Gasteiger partial charge in [0.25, 0.3) is 0 Å². The van der Waals surface area contributed by atoms with Crippen LogP contribution in [0.4, 0.5) is 0 Å². The highest BCUT2D eigenvalue weighted by Crippen LogP contribution is 2.39. The molecule has 1 aliphatic carbocycles. The van der Waals surface area contributed by atoms with Gasteiger partial charge in [0.05, 0.1) is 11.7 Å². The third-order valence-electron chi connectivity index (χ3n) is 4.65. The van der Waals surface area contributed by atoms with Gasteiger partial charge in [-0.3, -0.25) is 0 Å². The van der Waals surface area contributed by atoms with Gasteiger partial charge in [-0.2, -0.15) is 0 Å². The molecule has 0 radical (unpaired) electrons. The summed E-state index contributed by atoms with van der Waals surface area (Å²) in [6.45, 7) is 9.92. The zero-order valence-electron chi connectivity index (χ0n) is 12.7. The van der Waals surface area contributed by atoms with Gasteiger partial charge < -0.3 is 5.32 Å². The second-order valence-corrected chi connectivity index (χ2v) is 6.09. The standard InChI is InChI=1S/C16H27N3/c1-5-17-16(15-8-9-18-13(4)19-15)14-7-6-11(2)12(3)10-14/h8-9,11-12,14,16-17H,5-7,10H2,1-4H3. The smallest absolute Gasteiger partial charge is 0.125 e. The molecular weight excluding hydrogens is 234 g/mol. The highest BCUT2D eigenvalue weighted by Gasteiger charge is 2.31. The molecule has 0 aromatic carbocycles. The Morgan fingerprint density at radius 2 is 2.11 bits per heavy atom. The lowest BCUT2D eigenvalue weighted by Crippen LogP contribution is -2.33. The molecule has 1 N–H and O–H groups in total. The van der Waals surface area contributed by atoms with Crippen LogP contribution in [0.1, 0.15) is 57.6 Å². The van der Waals surface area contributed by atoms with Crippen LogP contribution >= 0.6 is 0 Å². The van der Waals surface area contributed by atoms with Crippen molar-refractivity contribution in [2.24, 2.45) is 17.8 Å². The van der Waals surface area contributed by atoms with Crippen LogP contribution in [0.3, 0.4) is 0 Å². The molecule has 1 aliphatic rings. The zero-order valence-corrected chi connectivity index (χ0v) is 12.7. The van der Waals surface area contributed by atoms with Gasteiger partial charge in [-0.1, -0.05) is 27.2 Å². The predicted molar refractivity (Wildman–Crippen MR) is 78.9 cm³/mol. The molecule has 3 nitrogen and oxygen atoms in total. The first kappa shape index (κ1) is 14.4. The van der Waals surface area contributed by atoms with Crippen molar-refractivity contribution in [2.75, 3.05) is 6.54 Å². The number of nitrogens with zero attached hydrogens (tertiary/aromatic N) is 2. The molecule has 19 heavy (non-hydrogen) atoms. The minimum absolute atomic E-state index is 0.390. The highest BCUT2D eigenvalue weighted by molar-refractivity contribution is 5.09. The lowest BCUT2D eigenvalue weighted by atomic mass is 9.72. The van der Waals surface area contributed by atoms with Gasteiger partial charge in [0.1, 0.15) is 5.82 Å². The quantitative estimate of drug-likeness (QED) is 0.901. The maximum Gasteiger partial charge on any atom is 0.125 e. The van der Waals surface area contributed by atoms with E-state index in [4.69, 9.17) is 0 Å². The highest BCUT2D eigenvalue weighted by atomic mass is 15.0. The molecule has 0 bridgehead atoms. The fourth-order valence-electron chi connectivity index (χ4n) is 3.27. The summed E-state index contributed by atoms with van der Waals surface area (Å²) in [5, 5.41) is 3.64. The monoisotopic (exact) mass is 261 g/mol. The first-order valence-corrected chi connectivity index (χ1v) is 7.64. The van der Waals surface area contributed by atoms with E-state index in [-0.39, 0.29) is 0 Å². The average molecular weight is 261 g/mol. The van der Waals surface area contributed by atoms with E-state index in [0.717, 1.165) is 24.2 Å². The number of aryl methyl sites for hydroxylation is 1. The van der Waals surface area contributed by atoms with Crippen molar-refractivity contribution in [2.45, 2.75) is 53.0 Å². The van der Waals surface area contributed by atoms with Crippen LogP contribution in [0.5, 0.6) is 0 Å². The van der Waals surface area contributed by atoms with Crippen molar-refractivity contribution >= 4 is 0 Å². The Labute approximate surface area is 117 Å². The SMILES string of the molecule is CCNC(c1ccnc(C)n1)C1CCC(C)C(C)C1. The number of hydrogen-bond acceptors (Lipinski definition) is 3. The second kappa shape index (κ2) is 6.47. The summed E-state index contributed by atoms with van der Waals surface area (Å²) < 4.78 is 0. The van der Waals surface area contributed by atoms with Crippen LogP contribution < -0.4 is 5.32 Å². The lowest BCUT2D eigenvalue weighted by molar-refractivity contribution is 0.170. The van der Waals surface area contributed by atoms with Gasteiger partial charge in [-0.05, 0) is 50.1 Å². The van der Waals surface area contributed by atoms with Gasteiger partial charge >= 0.3 is 0 Å². The Hall–Kier alpha value is -0.960. The van der Waals surface area contributed by atoms with Crippen LogP contribution in [0.2, 0.25) is 0 Å². The van der Waals surface area contributed by atoms with Crippen LogP contribution in [-0.4, -0.2) is 16.5 Å². The third-order valence-corrected chi connectivity index (χ3v) is 4.65. The Bertz CT molecular complexity index is 405. The molecule has 1 aromatic rings. The molecule has 1 fully saturated rings. The molecule has 0 amide bonds. The fourth-order valence-corrected chi connectivity index (χ4v) is 3.27. The molecule has 4 unspecified atom stereocenters. The number of nitrogens with one attached hydrogen (secondary N) is 1. The fraction of sp³-hybridized carbons (Fsp3) is 0.750. The molecule has 3 heteroatoms. The van der Waals surface area contributed by atoms with E-state index in [0.29, 0.717) is 12.0 Å². The molecule has 0 saturated heterocycles. The van der Waals surface area contributed by atoms with Crippen molar-refractivity contribution in [1.29, 1.82) is 0 Å². The van der Waals surface area contributed by atoms with Crippen LogP contribution in [0.25, 0.3) is 0 Å². The number of rotatable bonds is 4. The van der Waals surface area contributed by atoms with E-state index in [1.165, 1.54) is 25.0 Å². The first-order valence-electron chi connectivity index (χ1n) is 7.64. The summed E-state index contributed by atoms with van der Waals surface area (Å²) >= 11 is 0.